The molecule has 0 aliphatic carbocycles. The predicted molar refractivity (Wildman–Crippen MR) is 66.0 cm³/mol. The average Bonchev–Trinajstić information content (AvgIpc) is 2.53. The van der Waals surface area contributed by atoms with Crippen molar-refractivity contribution in [3.8, 4) is 0 Å². The first-order valence-electron chi connectivity index (χ1n) is 4.97. The second-order valence-corrected chi connectivity index (χ2v) is 4.52. The molecule has 15 heavy (non-hydrogen) atoms. The van der Waals surface area contributed by atoms with Gasteiger partial charge in [0.2, 0.25) is 0 Å². The fourth-order valence-electron chi connectivity index (χ4n) is 1.72. The number of nitrogens with one attached hydrogen (secondary N) is 1. The largest absolute Gasteiger partial charge is 0.346 e. The second-order valence-electron chi connectivity index (χ2n) is 3.61. The average molecular weight is 268 g/mol. The van der Waals surface area contributed by atoms with E-state index in [1.807, 2.05) is 13.2 Å². The number of aryl methyl sites for hydroxylation is 1. The summed E-state index contributed by atoms with van der Waals surface area (Å²) < 4.78 is 3.22. The summed E-state index contributed by atoms with van der Waals surface area (Å²) in [5.74, 6) is 0. The topological polar surface area (TPSA) is 29.9 Å². The highest BCUT2D eigenvalue weighted by molar-refractivity contribution is 9.10. The van der Waals surface area contributed by atoms with E-state index >= 15 is 0 Å². The van der Waals surface area contributed by atoms with Crippen molar-refractivity contribution in [1.82, 2.24) is 14.9 Å². The number of aromatic nitrogens is 2. The zero-order valence-corrected chi connectivity index (χ0v) is 10.5. The Morgan fingerprint density at radius 2 is 2.27 bits per heavy atom. The Morgan fingerprint density at radius 3 is 3.00 bits per heavy atom. The van der Waals surface area contributed by atoms with Crippen molar-refractivity contribution in [3.05, 3.63) is 28.5 Å². The molecule has 0 unspecified atom stereocenters. The van der Waals surface area contributed by atoms with E-state index in [1.54, 1.807) is 0 Å². The van der Waals surface area contributed by atoms with E-state index < -0.39 is 0 Å². The van der Waals surface area contributed by atoms with Gasteiger partial charge in [0.05, 0.1) is 11.0 Å². The van der Waals surface area contributed by atoms with Crippen LogP contribution in [0.15, 0.2) is 22.8 Å². The third-order valence-corrected chi connectivity index (χ3v) is 3.02. The zero-order chi connectivity index (χ0) is 10.8. The van der Waals surface area contributed by atoms with Crippen molar-refractivity contribution in [2.75, 3.05) is 13.6 Å². The van der Waals surface area contributed by atoms with E-state index in [1.165, 1.54) is 11.2 Å². The molecule has 2 rings (SSSR count). The molecule has 0 atom stereocenters. The number of fused-ring (bicyclic) bond motifs is 1. The summed E-state index contributed by atoms with van der Waals surface area (Å²) in [6.45, 7) is 0.991. The van der Waals surface area contributed by atoms with Gasteiger partial charge in [-0.3, -0.25) is 4.98 Å². The van der Waals surface area contributed by atoms with Gasteiger partial charge in [-0.1, -0.05) is 0 Å². The summed E-state index contributed by atoms with van der Waals surface area (Å²) in [5.41, 5.74) is 3.55. The monoisotopic (exact) mass is 267 g/mol. The van der Waals surface area contributed by atoms with Crippen LogP contribution in [0.5, 0.6) is 0 Å². The van der Waals surface area contributed by atoms with Crippen LogP contribution in [-0.4, -0.2) is 23.1 Å². The van der Waals surface area contributed by atoms with E-state index in [2.05, 4.69) is 50.0 Å². The van der Waals surface area contributed by atoms with Gasteiger partial charge in [0.1, 0.15) is 0 Å². The van der Waals surface area contributed by atoms with Crippen molar-refractivity contribution in [1.29, 1.82) is 0 Å². The smallest absolute Gasteiger partial charge is 0.0884 e. The van der Waals surface area contributed by atoms with Crippen molar-refractivity contribution in [2.24, 2.45) is 7.05 Å². The molecule has 4 heteroatoms. The Bertz CT molecular complexity index is 476. The van der Waals surface area contributed by atoms with Crippen LogP contribution in [-0.2, 0) is 13.5 Å². The minimum absolute atomic E-state index is 0.991. The van der Waals surface area contributed by atoms with Crippen molar-refractivity contribution < 1.29 is 0 Å². The highest BCUT2D eigenvalue weighted by Crippen LogP contribution is 2.20. The molecule has 0 bridgehead atoms. The Labute approximate surface area is 97.6 Å². The highest BCUT2D eigenvalue weighted by atomic mass is 79.9. The minimum Gasteiger partial charge on any atom is -0.346 e. The molecular formula is C11H14BrN3. The number of halogens is 1. The summed E-state index contributed by atoms with van der Waals surface area (Å²) in [6, 6.07) is 4.25. The lowest BCUT2D eigenvalue weighted by Crippen LogP contribution is -2.12. The molecule has 0 fully saturated rings. The molecule has 2 aromatic rings. The standard InChI is InChI=1S/C11H14BrN3/c1-13-4-3-9-6-10-11(15(9)2)5-8(12)7-14-10/h5-7,13H,3-4H2,1-2H3. The van der Waals surface area contributed by atoms with E-state index in [0.29, 0.717) is 0 Å². The zero-order valence-electron chi connectivity index (χ0n) is 8.92. The fraction of sp³-hybridized carbons (Fsp3) is 0.364. The molecule has 0 spiro atoms. The third-order valence-electron chi connectivity index (χ3n) is 2.59. The summed E-state index contributed by atoms with van der Waals surface area (Å²) in [5, 5.41) is 3.16. The third kappa shape index (κ3) is 2.06. The molecule has 2 aromatic heterocycles. The first kappa shape index (κ1) is 10.6. The minimum atomic E-state index is 0.991. The Kier molecular flexibility index (Phi) is 3.07. The lowest BCUT2D eigenvalue weighted by atomic mass is 10.3. The van der Waals surface area contributed by atoms with Crippen LogP contribution in [0.25, 0.3) is 11.0 Å². The van der Waals surface area contributed by atoms with Gasteiger partial charge in [0.25, 0.3) is 0 Å². The molecule has 2 heterocycles. The van der Waals surface area contributed by atoms with E-state index in [4.69, 9.17) is 0 Å². The van der Waals surface area contributed by atoms with Crippen molar-refractivity contribution in [3.63, 3.8) is 0 Å². The molecule has 3 nitrogen and oxygen atoms in total. The molecule has 0 saturated heterocycles. The highest BCUT2D eigenvalue weighted by Gasteiger charge is 2.06. The lowest BCUT2D eigenvalue weighted by molar-refractivity contribution is 0.746. The van der Waals surface area contributed by atoms with Gasteiger partial charge in [-0.25, -0.2) is 0 Å². The summed E-state index contributed by atoms with van der Waals surface area (Å²) in [4.78, 5) is 4.38. The number of nitrogens with zero attached hydrogens (tertiary/aromatic N) is 2. The van der Waals surface area contributed by atoms with Crippen LogP contribution < -0.4 is 5.32 Å². The number of hydrogen-bond donors (Lipinski definition) is 1. The second kappa shape index (κ2) is 4.33. The molecule has 0 aliphatic rings. The van der Waals surface area contributed by atoms with Gasteiger partial charge in [0.15, 0.2) is 0 Å². The number of pyridine rings is 1. The normalized spacial score (nSPS) is 11.1. The molecule has 80 valence electrons. The first-order chi connectivity index (χ1) is 7.22. The Balaban J connectivity index is 2.45. The van der Waals surface area contributed by atoms with Crippen LogP contribution in [0.4, 0.5) is 0 Å². The number of likely N-dealkylation sites (N-methyl/N-ethyl adjacent to an activating group) is 1. The predicted octanol–water partition coefficient (Wildman–Crippen LogP) is 2.10. The number of hydrogen-bond acceptors (Lipinski definition) is 2. The summed E-state index contributed by atoms with van der Waals surface area (Å²) >= 11 is 3.44. The summed E-state index contributed by atoms with van der Waals surface area (Å²) in [7, 11) is 4.05. The SMILES string of the molecule is CNCCc1cc2ncc(Br)cc2n1C. The molecular weight excluding hydrogens is 254 g/mol. The quantitative estimate of drug-likeness (QED) is 0.923. The van der Waals surface area contributed by atoms with Crippen LogP contribution in [0.1, 0.15) is 5.69 Å². The fourth-order valence-corrected chi connectivity index (χ4v) is 2.04. The molecule has 0 radical (unpaired) electrons. The van der Waals surface area contributed by atoms with Crippen LogP contribution in [0, 0.1) is 0 Å². The lowest BCUT2D eigenvalue weighted by Gasteiger charge is -2.03. The molecule has 0 amide bonds. The molecule has 0 aliphatic heterocycles. The van der Waals surface area contributed by atoms with Gasteiger partial charge < -0.3 is 9.88 Å². The maximum absolute atomic E-state index is 4.38. The van der Waals surface area contributed by atoms with Crippen LogP contribution in [0.2, 0.25) is 0 Å². The number of rotatable bonds is 3. The summed E-state index contributed by atoms with van der Waals surface area (Å²) in [6.07, 6.45) is 2.87. The molecule has 1 N–H and O–H groups in total. The Hall–Kier alpha value is -0.870. The maximum Gasteiger partial charge on any atom is 0.0884 e. The van der Waals surface area contributed by atoms with Gasteiger partial charge in [-0.15, -0.1) is 0 Å². The first-order valence-corrected chi connectivity index (χ1v) is 5.76. The van der Waals surface area contributed by atoms with E-state index in [0.717, 1.165) is 23.0 Å². The van der Waals surface area contributed by atoms with Gasteiger partial charge in [-0.05, 0) is 35.1 Å². The van der Waals surface area contributed by atoms with Gasteiger partial charge in [0, 0.05) is 36.4 Å². The van der Waals surface area contributed by atoms with Crippen molar-refractivity contribution >= 4 is 27.0 Å². The Morgan fingerprint density at radius 1 is 1.47 bits per heavy atom. The maximum atomic E-state index is 4.38. The van der Waals surface area contributed by atoms with E-state index in [9.17, 15) is 0 Å². The van der Waals surface area contributed by atoms with Crippen LogP contribution in [0.3, 0.4) is 0 Å². The molecule has 0 aromatic carbocycles. The van der Waals surface area contributed by atoms with Gasteiger partial charge >= 0.3 is 0 Å². The van der Waals surface area contributed by atoms with E-state index in [-0.39, 0.29) is 0 Å². The molecule has 0 saturated carbocycles. The van der Waals surface area contributed by atoms with Gasteiger partial charge in [-0.2, -0.15) is 0 Å². The van der Waals surface area contributed by atoms with Crippen molar-refractivity contribution in [2.45, 2.75) is 6.42 Å². The van der Waals surface area contributed by atoms with Crippen LogP contribution >= 0.6 is 15.9 Å².